The van der Waals surface area contributed by atoms with E-state index in [1.54, 1.807) is 24.5 Å². The lowest BCUT2D eigenvalue weighted by Gasteiger charge is -2.20. The molecule has 0 atom stereocenters. The molecule has 0 aliphatic rings. The highest BCUT2D eigenvalue weighted by atomic mass is 79.9. The summed E-state index contributed by atoms with van der Waals surface area (Å²) in [6.45, 7) is 0. The third kappa shape index (κ3) is 2.45. The van der Waals surface area contributed by atoms with Crippen LogP contribution in [0.4, 0.5) is 11.4 Å². The highest BCUT2D eigenvalue weighted by Crippen LogP contribution is 2.29. The molecule has 1 aromatic carbocycles. The number of nitriles is 1. The van der Waals surface area contributed by atoms with E-state index in [1.807, 2.05) is 30.1 Å². The van der Waals surface area contributed by atoms with Gasteiger partial charge in [-0.25, -0.2) is 0 Å². The number of pyridine rings is 1. The first kappa shape index (κ1) is 11.6. The van der Waals surface area contributed by atoms with E-state index in [0.717, 1.165) is 15.8 Å². The van der Waals surface area contributed by atoms with Crippen LogP contribution < -0.4 is 4.90 Å². The number of hydrogen-bond donors (Lipinski definition) is 0. The molecule has 1 heterocycles. The van der Waals surface area contributed by atoms with Crippen LogP contribution in [-0.2, 0) is 0 Å². The predicted octanol–water partition coefficient (Wildman–Crippen LogP) is 3.48. The fourth-order valence-corrected chi connectivity index (χ4v) is 2.05. The molecule has 0 saturated carbocycles. The first-order valence-corrected chi connectivity index (χ1v) is 5.85. The Kier molecular flexibility index (Phi) is 3.40. The third-order valence-electron chi connectivity index (χ3n) is 2.50. The number of nitrogens with zero attached hydrogens (tertiary/aromatic N) is 3. The molecular weight excluding hydrogens is 278 g/mol. The molecule has 0 radical (unpaired) electrons. The lowest BCUT2D eigenvalue weighted by molar-refractivity contribution is 1.17. The molecular formula is C13H10BrN3. The van der Waals surface area contributed by atoms with Gasteiger partial charge in [-0.1, -0.05) is 0 Å². The summed E-state index contributed by atoms with van der Waals surface area (Å²) in [5.74, 6) is 0. The zero-order valence-corrected chi connectivity index (χ0v) is 10.8. The zero-order chi connectivity index (χ0) is 12.3. The van der Waals surface area contributed by atoms with Crippen molar-refractivity contribution in [2.75, 3.05) is 11.9 Å². The Hall–Kier alpha value is -1.86. The van der Waals surface area contributed by atoms with Gasteiger partial charge in [0.25, 0.3) is 0 Å². The Balaban J connectivity index is 2.34. The van der Waals surface area contributed by atoms with Crippen molar-refractivity contribution < 1.29 is 0 Å². The van der Waals surface area contributed by atoms with E-state index in [9.17, 15) is 0 Å². The van der Waals surface area contributed by atoms with Crippen LogP contribution in [0.3, 0.4) is 0 Å². The standard InChI is InChI=1S/C13H10BrN3/c1-17(13-6-7-16-9-12(13)14)11-4-2-10(8-15)3-5-11/h2-7,9H,1H3. The summed E-state index contributed by atoms with van der Waals surface area (Å²) in [5, 5.41) is 8.75. The maximum Gasteiger partial charge on any atom is 0.0991 e. The Bertz CT molecular complexity index is 558. The molecule has 4 heteroatoms. The highest BCUT2D eigenvalue weighted by molar-refractivity contribution is 9.10. The first-order chi connectivity index (χ1) is 8.22. The van der Waals surface area contributed by atoms with Gasteiger partial charge in [-0.3, -0.25) is 4.98 Å². The molecule has 0 unspecified atom stereocenters. The molecule has 2 aromatic rings. The van der Waals surface area contributed by atoms with Gasteiger partial charge < -0.3 is 4.90 Å². The number of benzene rings is 1. The third-order valence-corrected chi connectivity index (χ3v) is 3.11. The number of hydrogen-bond acceptors (Lipinski definition) is 3. The predicted molar refractivity (Wildman–Crippen MR) is 71.2 cm³/mol. The van der Waals surface area contributed by atoms with Gasteiger partial charge >= 0.3 is 0 Å². The van der Waals surface area contributed by atoms with Gasteiger partial charge in [0, 0.05) is 25.1 Å². The fourth-order valence-electron chi connectivity index (χ4n) is 1.54. The molecule has 0 aliphatic heterocycles. The molecule has 0 saturated heterocycles. The highest BCUT2D eigenvalue weighted by Gasteiger charge is 2.07. The second-order valence-corrected chi connectivity index (χ2v) is 4.40. The number of anilines is 2. The maximum atomic E-state index is 8.75. The van der Waals surface area contributed by atoms with Crippen molar-refractivity contribution in [3.63, 3.8) is 0 Å². The van der Waals surface area contributed by atoms with Crippen LogP contribution in [0.5, 0.6) is 0 Å². The van der Waals surface area contributed by atoms with Crippen molar-refractivity contribution in [2.45, 2.75) is 0 Å². The van der Waals surface area contributed by atoms with Crippen LogP contribution in [-0.4, -0.2) is 12.0 Å². The van der Waals surface area contributed by atoms with Crippen molar-refractivity contribution >= 4 is 27.3 Å². The second-order valence-electron chi connectivity index (χ2n) is 3.54. The fraction of sp³-hybridized carbons (Fsp3) is 0.0769. The maximum absolute atomic E-state index is 8.75. The van der Waals surface area contributed by atoms with E-state index in [2.05, 4.69) is 27.0 Å². The minimum Gasteiger partial charge on any atom is -0.344 e. The second kappa shape index (κ2) is 4.98. The zero-order valence-electron chi connectivity index (χ0n) is 9.26. The lowest BCUT2D eigenvalue weighted by Crippen LogP contribution is -2.09. The molecule has 3 nitrogen and oxygen atoms in total. The summed E-state index contributed by atoms with van der Waals surface area (Å²) in [4.78, 5) is 6.07. The van der Waals surface area contributed by atoms with Crippen molar-refractivity contribution in [2.24, 2.45) is 0 Å². The van der Waals surface area contributed by atoms with Crippen LogP contribution in [0, 0.1) is 11.3 Å². The van der Waals surface area contributed by atoms with E-state index in [-0.39, 0.29) is 0 Å². The summed E-state index contributed by atoms with van der Waals surface area (Å²) in [7, 11) is 1.97. The van der Waals surface area contributed by atoms with Crippen molar-refractivity contribution in [3.05, 3.63) is 52.8 Å². The Morgan fingerprint density at radius 1 is 1.24 bits per heavy atom. The Labute approximate surface area is 108 Å². The van der Waals surface area contributed by atoms with Gasteiger partial charge in [-0.05, 0) is 46.3 Å². The van der Waals surface area contributed by atoms with Gasteiger partial charge in [0.05, 0.1) is 21.8 Å². The molecule has 2 rings (SSSR count). The topological polar surface area (TPSA) is 39.9 Å². The van der Waals surface area contributed by atoms with Crippen LogP contribution >= 0.6 is 15.9 Å². The van der Waals surface area contributed by atoms with Crippen molar-refractivity contribution in [1.29, 1.82) is 5.26 Å². The van der Waals surface area contributed by atoms with E-state index < -0.39 is 0 Å². The summed E-state index contributed by atoms with van der Waals surface area (Å²) in [6, 6.07) is 11.5. The summed E-state index contributed by atoms with van der Waals surface area (Å²) >= 11 is 3.47. The van der Waals surface area contributed by atoms with Gasteiger partial charge in [-0.15, -0.1) is 0 Å². The lowest BCUT2D eigenvalue weighted by atomic mass is 10.2. The van der Waals surface area contributed by atoms with E-state index in [4.69, 9.17) is 5.26 Å². The summed E-state index contributed by atoms with van der Waals surface area (Å²) in [6.07, 6.45) is 3.51. The largest absolute Gasteiger partial charge is 0.344 e. The minimum atomic E-state index is 0.663. The summed E-state index contributed by atoms with van der Waals surface area (Å²) in [5.41, 5.74) is 2.72. The number of halogens is 1. The molecule has 0 bridgehead atoms. The van der Waals surface area contributed by atoms with Crippen LogP contribution in [0.15, 0.2) is 47.2 Å². The normalized spacial score (nSPS) is 9.71. The average Bonchev–Trinajstić information content (AvgIpc) is 2.39. The molecule has 0 amide bonds. The molecule has 0 aliphatic carbocycles. The molecule has 1 aromatic heterocycles. The summed E-state index contributed by atoms with van der Waals surface area (Å²) < 4.78 is 0.937. The van der Waals surface area contributed by atoms with Crippen LogP contribution in [0.1, 0.15) is 5.56 Å². The van der Waals surface area contributed by atoms with Crippen molar-refractivity contribution in [3.8, 4) is 6.07 Å². The van der Waals surface area contributed by atoms with Crippen LogP contribution in [0.25, 0.3) is 0 Å². The number of rotatable bonds is 2. The smallest absolute Gasteiger partial charge is 0.0991 e. The molecule has 0 N–H and O–H groups in total. The van der Waals surface area contributed by atoms with E-state index in [1.165, 1.54) is 0 Å². The SMILES string of the molecule is CN(c1ccc(C#N)cc1)c1ccncc1Br. The number of aromatic nitrogens is 1. The van der Waals surface area contributed by atoms with Gasteiger partial charge in [-0.2, -0.15) is 5.26 Å². The molecule has 17 heavy (non-hydrogen) atoms. The van der Waals surface area contributed by atoms with E-state index >= 15 is 0 Å². The van der Waals surface area contributed by atoms with Gasteiger partial charge in [0.2, 0.25) is 0 Å². The van der Waals surface area contributed by atoms with Gasteiger partial charge in [0.15, 0.2) is 0 Å². The Morgan fingerprint density at radius 3 is 2.53 bits per heavy atom. The van der Waals surface area contributed by atoms with E-state index in [0.29, 0.717) is 5.56 Å². The molecule has 84 valence electrons. The first-order valence-electron chi connectivity index (χ1n) is 5.06. The average molecular weight is 288 g/mol. The van der Waals surface area contributed by atoms with Crippen molar-refractivity contribution in [1.82, 2.24) is 4.98 Å². The van der Waals surface area contributed by atoms with Crippen LogP contribution in [0.2, 0.25) is 0 Å². The minimum absolute atomic E-state index is 0.663. The Morgan fingerprint density at radius 2 is 1.94 bits per heavy atom. The quantitative estimate of drug-likeness (QED) is 0.849. The van der Waals surface area contributed by atoms with Gasteiger partial charge in [0.1, 0.15) is 0 Å². The monoisotopic (exact) mass is 287 g/mol. The molecule has 0 spiro atoms. The molecule has 0 fully saturated rings.